The van der Waals surface area contributed by atoms with Crippen LogP contribution < -0.4 is 10.9 Å². The normalized spacial score (nSPS) is 10.2. The maximum atomic E-state index is 12.1. The molecule has 10 heteroatoms. The van der Waals surface area contributed by atoms with Gasteiger partial charge in [-0.2, -0.15) is 0 Å². The number of nitrogens with zero attached hydrogens (tertiary/aromatic N) is 1. The van der Waals surface area contributed by atoms with Crippen LogP contribution in [0, 0.1) is 0 Å². The highest BCUT2D eigenvalue weighted by Gasteiger charge is 2.18. The number of hydrogen-bond donors (Lipinski definition) is 3. The molecule has 0 aliphatic carbocycles. The van der Waals surface area contributed by atoms with Crippen molar-refractivity contribution in [1.29, 1.82) is 0 Å². The Balaban J connectivity index is 1.88. The van der Waals surface area contributed by atoms with Crippen molar-refractivity contribution in [1.82, 2.24) is 15.8 Å². The fourth-order valence-electron chi connectivity index (χ4n) is 1.83. The molecule has 2 aromatic rings. The molecule has 3 N–H and O–H groups in total. The average molecular weight is 447 g/mol. The Morgan fingerprint density at radius 1 is 1.24 bits per heavy atom. The lowest BCUT2D eigenvalue weighted by Gasteiger charge is -2.16. The summed E-state index contributed by atoms with van der Waals surface area (Å²) in [6, 6.07) is 7.35. The predicted octanol–water partition coefficient (Wildman–Crippen LogP) is 2.40. The van der Waals surface area contributed by atoms with Crippen molar-refractivity contribution < 1.29 is 19.5 Å². The highest BCUT2D eigenvalue weighted by atomic mass is 79.9. The molecular formula is C15H13BrClN3O4S. The van der Waals surface area contributed by atoms with Crippen LogP contribution in [-0.2, 0) is 4.79 Å². The highest BCUT2D eigenvalue weighted by Crippen LogP contribution is 2.23. The van der Waals surface area contributed by atoms with E-state index in [2.05, 4.69) is 26.8 Å². The van der Waals surface area contributed by atoms with E-state index in [0.29, 0.717) is 4.88 Å². The lowest BCUT2D eigenvalue weighted by atomic mass is 10.2. The van der Waals surface area contributed by atoms with Gasteiger partial charge in [-0.15, -0.1) is 11.3 Å². The topological polar surface area (TPSA) is 98.7 Å². The van der Waals surface area contributed by atoms with Crippen molar-refractivity contribution in [2.75, 3.05) is 13.6 Å². The van der Waals surface area contributed by atoms with Crippen LogP contribution in [-0.4, -0.2) is 41.3 Å². The van der Waals surface area contributed by atoms with E-state index < -0.39 is 11.8 Å². The maximum Gasteiger partial charge on any atom is 0.273 e. The summed E-state index contributed by atoms with van der Waals surface area (Å²) in [5.74, 6) is -1.91. The summed E-state index contributed by atoms with van der Waals surface area (Å²) >= 11 is 10.3. The van der Waals surface area contributed by atoms with Crippen LogP contribution in [0.25, 0.3) is 0 Å². The molecule has 1 heterocycles. The van der Waals surface area contributed by atoms with E-state index in [0.717, 1.165) is 3.79 Å². The first-order valence-electron chi connectivity index (χ1n) is 6.86. The van der Waals surface area contributed by atoms with Crippen LogP contribution >= 0.6 is 38.9 Å². The van der Waals surface area contributed by atoms with E-state index in [1.54, 1.807) is 12.1 Å². The zero-order chi connectivity index (χ0) is 18.6. The first-order chi connectivity index (χ1) is 11.8. The second-order valence-electron chi connectivity index (χ2n) is 4.93. The number of thiophene rings is 1. The Kier molecular flexibility index (Phi) is 6.40. The summed E-state index contributed by atoms with van der Waals surface area (Å²) in [6.07, 6.45) is 0. The fourth-order valence-corrected chi connectivity index (χ4v) is 3.38. The summed E-state index contributed by atoms with van der Waals surface area (Å²) in [6.45, 7) is -0.254. The molecule has 7 nitrogen and oxygen atoms in total. The van der Waals surface area contributed by atoms with E-state index in [4.69, 9.17) is 11.6 Å². The third-order valence-electron chi connectivity index (χ3n) is 3.03. The number of nitrogens with one attached hydrogen (secondary N) is 2. The van der Waals surface area contributed by atoms with Gasteiger partial charge in [-0.25, -0.2) is 0 Å². The van der Waals surface area contributed by atoms with Gasteiger partial charge in [0.05, 0.1) is 14.2 Å². The zero-order valence-corrected chi connectivity index (χ0v) is 16.0. The van der Waals surface area contributed by atoms with Gasteiger partial charge in [-0.05, 0) is 46.3 Å². The molecule has 1 aromatic heterocycles. The Hall–Kier alpha value is -2.10. The van der Waals surface area contributed by atoms with E-state index in [-0.39, 0.29) is 28.8 Å². The molecule has 0 saturated heterocycles. The molecule has 0 bridgehead atoms. The molecule has 0 atom stereocenters. The second-order valence-corrected chi connectivity index (χ2v) is 7.83. The Morgan fingerprint density at radius 3 is 2.60 bits per heavy atom. The lowest BCUT2D eigenvalue weighted by Crippen LogP contribution is -2.46. The maximum absolute atomic E-state index is 12.1. The molecule has 2 rings (SSSR count). The van der Waals surface area contributed by atoms with Crippen LogP contribution in [0.2, 0.25) is 5.02 Å². The molecule has 0 aliphatic rings. The number of amides is 3. The van der Waals surface area contributed by atoms with Crippen molar-refractivity contribution in [3.63, 3.8) is 0 Å². The van der Waals surface area contributed by atoms with Gasteiger partial charge in [0.25, 0.3) is 17.7 Å². The standard InChI is InChI=1S/C15H13BrClN3O4S/c1-20(15(24)11-4-5-12(16)25-11)7-13(22)18-19-14(23)9-6-8(17)2-3-10(9)21/h2-6,21H,7H2,1H3,(H,18,22)(H,19,23). The number of hydrazine groups is 1. The third kappa shape index (κ3) is 5.18. The molecule has 0 saturated carbocycles. The minimum absolute atomic E-state index is 0.0827. The van der Waals surface area contributed by atoms with Crippen LogP contribution in [0.1, 0.15) is 20.0 Å². The van der Waals surface area contributed by atoms with Gasteiger partial charge in [-0.3, -0.25) is 25.2 Å². The first kappa shape index (κ1) is 19.2. The summed E-state index contributed by atoms with van der Waals surface area (Å²) < 4.78 is 0.808. The fraction of sp³-hybridized carbons (Fsp3) is 0.133. The molecule has 1 aromatic carbocycles. The monoisotopic (exact) mass is 445 g/mol. The summed E-state index contributed by atoms with van der Waals surface area (Å²) in [4.78, 5) is 37.6. The average Bonchev–Trinajstić information content (AvgIpc) is 3.00. The number of halogens is 2. The van der Waals surface area contributed by atoms with Crippen LogP contribution in [0.3, 0.4) is 0 Å². The molecule has 25 heavy (non-hydrogen) atoms. The number of likely N-dealkylation sites (N-methyl/N-ethyl adjacent to an activating group) is 1. The summed E-state index contributed by atoms with van der Waals surface area (Å²) in [5, 5.41) is 9.89. The first-order valence-corrected chi connectivity index (χ1v) is 8.85. The van der Waals surface area contributed by atoms with Gasteiger partial charge >= 0.3 is 0 Å². The Labute approximate surface area is 160 Å². The van der Waals surface area contributed by atoms with Crippen molar-refractivity contribution >= 4 is 56.6 Å². The van der Waals surface area contributed by atoms with Gasteiger partial charge in [-0.1, -0.05) is 11.6 Å². The number of hydrogen-bond acceptors (Lipinski definition) is 5. The van der Waals surface area contributed by atoms with Crippen molar-refractivity contribution in [2.24, 2.45) is 0 Å². The van der Waals surface area contributed by atoms with Crippen molar-refractivity contribution in [3.05, 3.63) is 49.6 Å². The van der Waals surface area contributed by atoms with Gasteiger partial charge < -0.3 is 10.0 Å². The molecule has 0 fully saturated rings. The number of aromatic hydroxyl groups is 1. The number of rotatable bonds is 4. The third-order valence-corrected chi connectivity index (χ3v) is 4.88. The Bertz CT molecular complexity index is 827. The van der Waals surface area contributed by atoms with Gasteiger partial charge in [0.2, 0.25) is 0 Å². The van der Waals surface area contributed by atoms with Crippen molar-refractivity contribution in [2.45, 2.75) is 0 Å². The van der Waals surface area contributed by atoms with Crippen LogP contribution in [0.5, 0.6) is 5.75 Å². The molecule has 0 spiro atoms. The van der Waals surface area contributed by atoms with Gasteiger partial charge in [0, 0.05) is 12.1 Å². The summed E-state index contributed by atoms with van der Waals surface area (Å²) in [7, 11) is 1.47. The lowest BCUT2D eigenvalue weighted by molar-refractivity contribution is -0.122. The van der Waals surface area contributed by atoms with Crippen LogP contribution in [0.4, 0.5) is 0 Å². The number of benzene rings is 1. The molecule has 0 aliphatic heterocycles. The van der Waals surface area contributed by atoms with E-state index in [9.17, 15) is 19.5 Å². The number of phenolic OH excluding ortho intramolecular Hbond substituents is 1. The van der Waals surface area contributed by atoms with Crippen molar-refractivity contribution in [3.8, 4) is 5.75 Å². The van der Waals surface area contributed by atoms with Gasteiger partial charge in [0.1, 0.15) is 12.3 Å². The molecule has 132 valence electrons. The minimum Gasteiger partial charge on any atom is -0.507 e. The van der Waals surface area contributed by atoms with E-state index in [1.807, 2.05) is 0 Å². The molecule has 0 unspecified atom stereocenters. The summed E-state index contributed by atoms with van der Waals surface area (Å²) in [5.41, 5.74) is 4.25. The Morgan fingerprint density at radius 2 is 1.96 bits per heavy atom. The largest absolute Gasteiger partial charge is 0.507 e. The quantitative estimate of drug-likeness (QED) is 0.628. The van der Waals surface area contributed by atoms with E-state index in [1.165, 1.54) is 41.5 Å². The molecular weight excluding hydrogens is 434 g/mol. The SMILES string of the molecule is CN(CC(=O)NNC(=O)c1cc(Cl)ccc1O)C(=O)c1ccc(Br)s1. The predicted molar refractivity (Wildman–Crippen MR) is 97.7 cm³/mol. The smallest absolute Gasteiger partial charge is 0.273 e. The number of phenols is 1. The number of carbonyl (C=O) groups is 3. The minimum atomic E-state index is -0.732. The van der Waals surface area contributed by atoms with Crippen LogP contribution in [0.15, 0.2) is 34.1 Å². The highest BCUT2D eigenvalue weighted by molar-refractivity contribution is 9.11. The van der Waals surface area contributed by atoms with Gasteiger partial charge in [0.15, 0.2) is 0 Å². The van der Waals surface area contributed by atoms with E-state index >= 15 is 0 Å². The number of carbonyl (C=O) groups excluding carboxylic acids is 3. The molecule has 0 radical (unpaired) electrons. The zero-order valence-electron chi connectivity index (χ0n) is 12.9. The molecule has 3 amide bonds. The second kappa shape index (κ2) is 8.32.